The second kappa shape index (κ2) is 7.11. The van der Waals surface area contributed by atoms with Crippen LogP contribution in [-0.2, 0) is 9.59 Å². The first-order valence-electron chi connectivity index (χ1n) is 7.03. The minimum atomic E-state index is -1.23. The number of carboxylic acids is 1. The topological polar surface area (TPSA) is 75.6 Å². The Morgan fingerprint density at radius 3 is 2.57 bits per heavy atom. The van der Waals surface area contributed by atoms with E-state index in [0.29, 0.717) is 6.42 Å². The van der Waals surface area contributed by atoms with E-state index in [1.165, 1.54) is 6.92 Å². The Kier molecular flexibility index (Phi) is 5.76. The second-order valence-electron chi connectivity index (χ2n) is 5.34. The zero-order valence-corrected chi connectivity index (χ0v) is 13.0. The molecule has 0 aromatic heterocycles. The predicted molar refractivity (Wildman–Crippen MR) is 80.5 cm³/mol. The van der Waals surface area contributed by atoms with E-state index in [9.17, 15) is 9.59 Å². The third-order valence-electron chi connectivity index (χ3n) is 3.74. The molecule has 1 unspecified atom stereocenters. The van der Waals surface area contributed by atoms with Crippen molar-refractivity contribution in [3.63, 3.8) is 0 Å². The molecule has 5 nitrogen and oxygen atoms in total. The van der Waals surface area contributed by atoms with Gasteiger partial charge in [0.15, 0.2) is 0 Å². The molecule has 116 valence electrons. The van der Waals surface area contributed by atoms with Crippen LogP contribution >= 0.6 is 0 Å². The highest BCUT2D eigenvalue weighted by atomic mass is 16.5. The maximum atomic E-state index is 11.8. The molecular weight excluding hydrogens is 270 g/mol. The largest absolute Gasteiger partial charge is 0.493 e. The number of hydrogen-bond acceptors (Lipinski definition) is 3. The summed E-state index contributed by atoms with van der Waals surface area (Å²) < 4.78 is 5.59. The van der Waals surface area contributed by atoms with Gasteiger partial charge in [-0.15, -0.1) is 0 Å². The lowest BCUT2D eigenvalue weighted by Gasteiger charge is -2.24. The van der Waals surface area contributed by atoms with Crippen LogP contribution in [0.25, 0.3) is 0 Å². The highest BCUT2D eigenvalue weighted by Crippen LogP contribution is 2.20. The predicted octanol–water partition coefficient (Wildman–Crippen LogP) is 2.44. The first-order chi connectivity index (χ1) is 9.80. The van der Waals surface area contributed by atoms with Crippen molar-refractivity contribution in [2.75, 3.05) is 6.61 Å². The average Bonchev–Trinajstić information content (AvgIpc) is 2.43. The number of benzene rings is 1. The van der Waals surface area contributed by atoms with Crippen molar-refractivity contribution in [2.45, 2.75) is 46.1 Å². The lowest BCUT2D eigenvalue weighted by Crippen LogP contribution is -2.51. The van der Waals surface area contributed by atoms with Crippen LogP contribution in [-0.4, -0.2) is 29.1 Å². The Balaban J connectivity index is 2.51. The van der Waals surface area contributed by atoms with Gasteiger partial charge < -0.3 is 15.2 Å². The first-order valence-corrected chi connectivity index (χ1v) is 7.03. The maximum Gasteiger partial charge on any atom is 0.329 e. The number of amides is 1. The quantitative estimate of drug-likeness (QED) is 0.809. The Hall–Kier alpha value is -2.04. The first kappa shape index (κ1) is 17.0. The maximum absolute atomic E-state index is 11.8. The zero-order valence-electron chi connectivity index (χ0n) is 13.0. The lowest BCUT2D eigenvalue weighted by molar-refractivity contribution is -0.147. The SMILES string of the molecule is CCC(C)(NC(=O)CCOc1cccc(C)c1C)C(=O)O. The van der Waals surface area contributed by atoms with E-state index < -0.39 is 11.5 Å². The molecule has 0 saturated carbocycles. The summed E-state index contributed by atoms with van der Waals surface area (Å²) in [7, 11) is 0. The van der Waals surface area contributed by atoms with Gasteiger partial charge in [0.05, 0.1) is 13.0 Å². The third kappa shape index (κ3) is 4.48. The molecule has 0 radical (unpaired) electrons. The fourth-order valence-corrected chi connectivity index (χ4v) is 1.80. The summed E-state index contributed by atoms with van der Waals surface area (Å²) in [5.74, 6) is -0.611. The summed E-state index contributed by atoms with van der Waals surface area (Å²) >= 11 is 0. The van der Waals surface area contributed by atoms with Crippen LogP contribution in [0, 0.1) is 13.8 Å². The molecular formula is C16H23NO4. The van der Waals surface area contributed by atoms with Crippen molar-refractivity contribution in [3.05, 3.63) is 29.3 Å². The minimum absolute atomic E-state index is 0.121. The van der Waals surface area contributed by atoms with E-state index in [2.05, 4.69) is 5.32 Å². The van der Waals surface area contributed by atoms with Gasteiger partial charge in [-0.05, 0) is 44.4 Å². The number of aliphatic carboxylic acids is 1. The molecule has 0 aliphatic rings. The highest BCUT2D eigenvalue weighted by Gasteiger charge is 2.32. The minimum Gasteiger partial charge on any atom is -0.493 e. The van der Waals surface area contributed by atoms with Gasteiger partial charge in [0, 0.05) is 0 Å². The van der Waals surface area contributed by atoms with Crippen LogP contribution in [0.5, 0.6) is 5.75 Å². The van der Waals surface area contributed by atoms with Crippen LogP contribution in [0.2, 0.25) is 0 Å². The van der Waals surface area contributed by atoms with Gasteiger partial charge in [-0.1, -0.05) is 19.1 Å². The molecule has 0 saturated heterocycles. The molecule has 2 N–H and O–H groups in total. The van der Waals surface area contributed by atoms with E-state index in [0.717, 1.165) is 16.9 Å². The number of rotatable bonds is 7. The molecule has 5 heteroatoms. The second-order valence-corrected chi connectivity index (χ2v) is 5.34. The Bertz CT molecular complexity index is 527. The smallest absolute Gasteiger partial charge is 0.329 e. The molecule has 21 heavy (non-hydrogen) atoms. The van der Waals surface area contributed by atoms with E-state index in [4.69, 9.17) is 9.84 Å². The monoisotopic (exact) mass is 293 g/mol. The summed E-state index contributed by atoms with van der Waals surface area (Å²) in [5, 5.41) is 11.6. The van der Waals surface area contributed by atoms with Crippen LogP contribution < -0.4 is 10.1 Å². The lowest BCUT2D eigenvalue weighted by atomic mass is 9.99. The van der Waals surface area contributed by atoms with Gasteiger partial charge in [0.25, 0.3) is 0 Å². The fraction of sp³-hybridized carbons (Fsp3) is 0.500. The molecule has 0 bridgehead atoms. The van der Waals surface area contributed by atoms with Crippen LogP contribution in [0.1, 0.15) is 37.8 Å². The summed E-state index contributed by atoms with van der Waals surface area (Å²) in [6, 6.07) is 5.75. The Morgan fingerprint density at radius 1 is 1.33 bits per heavy atom. The van der Waals surface area contributed by atoms with Crippen molar-refractivity contribution in [2.24, 2.45) is 0 Å². The number of nitrogens with one attached hydrogen (secondary N) is 1. The van der Waals surface area contributed by atoms with Crippen LogP contribution in [0.3, 0.4) is 0 Å². The van der Waals surface area contributed by atoms with Crippen molar-refractivity contribution in [1.82, 2.24) is 5.32 Å². The summed E-state index contributed by atoms with van der Waals surface area (Å²) in [6.07, 6.45) is 0.447. The van der Waals surface area contributed by atoms with Gasteiger partial charge in [-0.25, -0.2) is 4.79 Å². The van der Waals surface area contributed by atoms with E-state index in [-0.39, 0.29) is 18.9 Å². The Morgan fingerprint density at radius 2 is 2.00 bits per heavy atom. The number of carbonyl (C=O) groups is 2. The van der Waals surface area contributed by atoms with Gasteiger partial charge in [-0.2, -0.15) is 0 Å². The molecule has 1 aromatic carbocycles. The molecule has 0 aliphatic heterocycles. The number of ether oxygens (including phenoxy) is 1. The number of aryl methyl sites for hydroxylation is 1. The number of hydrogen-bond donors (Lipinski definition) is 2. The van der Waals surface area contributed by atoms with Crippen LogP contribution in [0.15, 0.2) is 18.2 Å². The van der Waals surface area contributed by atoms with Crippen LogP contribution in [0.4, 0.5) is 0 Å². The number of carbonyl (C=O) groups excluding carboxylic acids is 1. The standard InChI is InChI=1S/C16H23NO4/c1-5-16(4,15(19)20)17-14(18)9-10-21-13-8-6-7-11(2)12(13)3/h6-8H,5,9-10H2,1-4H3,(H,17,18)(H,19,20). The molecule has 1 atom stereocenters. The average molecular weight is 293 g/mol. The van der Waals surface area contributed by atoms with Crippen molar-refractivity contribution < 1.29 is 19.4 Å². The van der Waals surface area contributed by atoms with Crippen molar-refractivity contribution >= 4 is 11.9 Å². The molecule has 0 fully saturated rings. The van der Waals surface area contributed by atoms with Gasteiger partial charge in [0.2, 0.25) is 5.91 Å². The van der Waals surface area contributed by atoms with Crippen molar-refractivity contribution in [3.8, 4) is 5.75 Å². The summed E-state index contributed by atoms with van der Waals surface area (Å²) in [4.78, 5) is 22.9. The van der Waals surface area contributed by atoms with E-state index in [1.807, 2.05) is 32.0 Å². The molecule has 1 rings (SSSR count). The van der Waals surface area contributed by atoms with Gasteiger partial charge >= 0.3 is 5.97 Å². The van der Waals surface area contributed by atoms with E-state index >= 15 is 0 Å². The highest BCUT2D eigenvalue weighted by molar-refractivity contribution is 5.86. The van der Waals surface area contributed by atoms with E-state index in [1.54, 1.807) is 6.92 Å². The fourth-order valence-electron chi connectivity index (χ4n) is 1.80. The Labute approximate surface area is 125 Å². The molecule has 0 heterocycles. The normalized spacial score (nSPS) is 13.3. The number of carboxylic acid groups (broad SMARTS) is 1. The van der Waals surface area contributed by atoms with Gasteiger partial charge in [0.1, 0.15) is 11.3 Å². The molecule has 0 spiro atoms. The zero-order chi connectivity index (χ0) is 16.0. The summed E-state index contributed by atoms with van der Waals surface area (Å²) in [5.41, 5.74) is 0.944. The molecule has 1 aromatic rings. The third-order valence-corrected chi connectivity index (χ3v) is 3.74. The van der Waals surface area contributed by atoms with Gasteiger partial charge in [-0.3, -0.25) is 4.79 Å². The molecule has 0 aliphatic carbocycles. The van der Waals surface area contributed by atoms with Crippen molar-refractivity contribution in [1.29, 1.82) is 0 Å². The molecule has 1 amide bonds. The summed E-state index contributed by atoms with van der Waals surface area (Å²) in [6.45, 7) is 7.40.